The van der Waals surface area contributed by atoms with Crippen molar-refractivity contribution in [3.8, 4) is 11.8 Å². The first kappa shape index (κ1) is 14.5. The second-order valence-corrected chi connectivity index (χ2v) is 5.99. The Morgan fingerprint density at radius 2 is 2.11 bits per heavy atom. The highest BCUT2D eigenvalue weighted by Gasteiger charge is 2.31. The van der Waals surface area contributed by atoms with E-state index in [4.69, 9.17) is 0 Å². The molecule has 0 heterocycles. The molecule has 0 radical (unpaired) electrons. The average molecular weight is 276 g/mol. The highest BCUT2D eigenvalue weighted by molar-refractivity contribution is 7.98. The quantitative estimate of drug-likeness (QED) is 0.644. The van der Waals surface area contributed by atoms with Gasteiger partial charge in [-0.05, 0) is 43.2 Å². The van der Waals surface area contributed by atoms with Crippen LogP contribution >= 0.6 is 11.8 Å². The van der Waals surface area contributed by atoms with Crippen molar-refractivity contribution in [2.45, 2.75) is 48.7 Å². The van der Waals surface area contributed by atoms with E-state index < -0.39 is 11.7 Å². The Kier molecular flexibility index (Phi) is 4.93. The zero-order chi connectivity index (χ0) is 13.7. The second-order valence-electron chi connectivity index (χ2n) is 5.11. The minimum absolute atomic E-state index is 0.380. The van der Waals surface area contributed by atoms with Gasteiger partial charge in [-0.2, -0.15) is 0 Å². The van der Waals surface area contributed by atoms with Gasteiger partial charge in [-0.3, -0.25) is 0 Å². The van der Waals surface area contributed by atoms with Gasteiger partial charge in [0, 0.05) is 17.7 Å². The van der Waals surface area contributed by atoms with Crippen LogP contribution in [-0.4, -0.2) is 28.2 Å². The number of benzene rings is 1. The molecule has 2 nitrogen and oxygen atoms in total. The molecule has 2 N–H and O–H groups in total. The average Bonchev–Trinajstić information content (AvgIpc) is 2.39. The topological polar surface area (TPSA) is 40.5 Å². The van der Waals surface area contributed by atoms with Gasteiger partial charge in [0.1, 0.15) is 5.60 Å². The van der Waals surface area contributed by atoms with Crippen molar-refractivity contribution in [3.63, 3.8) is 0 Å². The summed E-state index contributed by atoms with van der Waals surface area (Å²) in [4.78, 5) is 1.24. The van der Waals surface area contributed by atoms with Crippen LogP contribution in [0.1, 0.15) is 31.2 Å². The largest absolute Gasteiger partial charge is 0.393 e. The summed E-state index contributed by atoms with van der Waals surface area (Å²) in [6.07, 6.45) is 4.96. The minimum atomic E-state index is -0.989. The Morgan fingerprint density at radius 1 is 1.37 bits per heavy atom. The van der Waals surface area contributed by atoms with Crippen LogP contribution in [0.3, 0.4) is 0 Å². The Balaban J connectivity index is 1.95. The third kappa shape index (κ3) is 4.28. The van der Waals surface area contributed by atoms with E-state index in [1.807, 2.05) is 0 Å². The summed E-state index contributed by atoms with van der Waals surface area (Å²) < 4.78 is 0. The van der Waals surface area contributed by atoms with Crippen molar-refractivity contribution in [3.05, 3.63) is 29.8 Å². The van der Waals surface area contributed by atoms with Crippen LogP contribution in [0.2, 0.25) is 0 Å². The Hall–Kier alpha value is -0.950. The van der Waals surface area contributed by atoms with Gasteiger partial charge in [0.25, 0.3) is 0 Å². The van der Waals surface area contributed by atoms with Crippen molar-refractivity contribution < 1.29 is 10.2 Å². The van der Waals surface area contributed by atoms with Gasteiger partial charge in [-0.25, -0.2) is 0 Å². The molecule has 0 aliphatic heterocycles. The molecule has 2 atom stereocenters. The SMILES string of the molecule is CSc1ccc(CC#CC2(O)CCCC(O)C2)cc1. The smallest absolute Gasteiger partial charge is 0.128 e. The van der Waals surface area contributed by atoms with Crippen molar-refractivity contribution in [2.24, 2.45) is 0 Å². The molecule has 0 aromatic heterocycles. The van der Waals surface area contributed by atoms with E-state index in [0.717, 1.165) is 18.4 Å². The number of hydrogen-bond acceptors (Lipinski definition) is 3. The summed E-state index contributed by atoms with van der Waals surface area (Å²) in [6.45, 7) is 0. The van der Waals surface area contributed by atoms with Gasteiger partial charge in [0.2, 0.25) is 0 Å². The summed E-state index contributed by atoms with van der Waals surface area (Å²) >= 11 is 1.72. The summed E-state index contributed by atoms with van der Waals surface area (Å²) in [7, 11) is 0. The fraction of sp³-hybridized carbons (Fsp3) is 0.500. The number of aliphatic hydroxyl groups is 2. The molecule has 2 unspecified atom stereocenters. The van der Waals surface area contributed by atoms with E-state index in [9.17, 15) is 10.2 Å². The standard InChI is InChI=1S/C16H20O2S/c1-19-15-8-6-13(7-9-15)4-2-10-16(18)11-3-5-14(17)12-16/h6-9,14,17-18H,3-5,11-12H2,1H3. The third-order valence-corrected chi connectivity index (χ3v) is 4.22. The molecule has 102 valence electrons. The zero-order valence-corrected chi connectivity index (χ0v) is 12.0. The van der Waals surface area contributed by atoms with Crippen molar-refractivity contribution >= 4 is 11.8 Å². The fourth-order valence-electron chi connectivity index (χ4n) is 2.39. The molecule has 0 amide bonds. The maximum atomic E-state index is 10.3. The number of rotatable bonds is 2. The summed E-state index contributed by atoms with van der Waals surface area (Å²) in [5.74, 6) is 6.00. The molecule has 1 aromatic rings. The van der Waals surface area contributed by atoms with Gasteiger partial charge in [0.15, 0.2) is 0 Å². The highest BCUT2D eigenvalue weighted by atomic mass is 32.2. The molecule has 0 spiro atoms. The lowest BCUT2D eigenvalue weighted by Crippen LogP contribution is -2.36. The first-order valence-corrected chi connectivity index (χ1v) is 7.87. The zero-order valence-electron chi connectivity index (χ0n) is 11.2. The molecule has 1 aliphatic rings. The molecule has 1 fully saturated rings. The molecule has 1 aromatic carbocycles. The van der Waals surface area contributed by atoms with E-state index >= 15 is 0 Å². The fourth-order valence-corrected chi connectivity index (χ4v) is 2.80. The molecular weight excluding hydrogens is 256 g/mol. The van der Waals surface area contributed by atoms with Crippen LogP contribution in [0.5, 0.6) is 0 Å². The molecule has 2 rings (SSSR count). The number of hydrogen-bond donors (Lipinski definition) is 2. The van der Waals surface area contributed by atoms with E-state index in [0.29, 0.717) is 19.3 Å². The first-order valence-electron chi connectivity index (χ1n) is 6.65. The van der Waals surface area contributed by atoms with E-state index in [-0.39, 0.29) is 0 Å². The van der Waals surface area contributed by atoms with E-state index in [2.05, 4.69) is 42.4 Å². The van der Waals surface area contributed by atoms with Gasteiger partial charge in [-0.1, -0.05) is 24.0 Å². The third-order valence-electron chi connectivity index (χ3n) is 3.47. The Morgan fingerprint density at radius 3 is 2.74 bits per heavy atom. The number of aliphatic hydroxyl groups excluding tert-OH is 1. The second kappa shape index (κ2) is 6.47. The summed E-state index contributed by atoms with van der Waals surface area (Å²) in [6, 6.07) is 8.31. The molecule has 0 bridgehead atoms. The Bertz CT molecular complexity index is 472. The van der Waals surface area contributed by atoms with Crippen molar-refractivity contribution in [2.75, 3.05) is 6.26 Å². The molecule has 0 saturated heterocycles. The lowest BCUT2D eigenvalue weighted by atomic mass is 9.83. The van der Waals surface area contributed by atoms with Crippen LogP contribution in [0, 0.1) is 11.8 Å². The highest BCUT2D eigenvalue weighted by Crippen LogP contribution is 2.27. The molecule has 1 saturated carbocycles. The lowest BCUT2D eigenvalue weighted by molar-refractivity contribution is -0.00395. The van der Waals surface area contributed by atoms with Crippen LogP contribution in [0.25, 0.3) is 0 Å². The molecular formula is C16H20O2S. The van der Waals surface area contributed by atoms with Gasteiger partial charge in [-0.15, -0.1) is 11.8 Å². The van der Waals surface area contributed by atoms with Crippen LogP contribution < -0.4 is 0 Å². The lowest BCUT2D eigenvalue weighted by Gasteiger charge is -2.30. The summed E-state index contributed by atoms with van der Waals surface area (Å²) in [5, 5.41) is 19.9. The normalized spacial score (nSPS) is 26.6. The van der Waals surface area contributed by atoms with E-state index in [1.54, 1.807) is 11.8 Å². The van der Waals surface area contributed by atoms with Gasteiger partial charge >= 0.3 is 0 Å². The van der Waals surface area contributed by atoms with Gasteiger partial charge < -0.3 is 10.2 Å². The van der Waals surface area contributed by atoms with Crippen LogP contribution in [-0.2, 0) is 6.42 Å². The summed E-state index contributed by atoms with van der Waals surface area (Å²) in [5.41, 5.74) is 0.168. The first-order chi connectivity index (χ1) is 9.11. The molecule has 3 heteroatoms. The molecule has 19 heavy (non-hydrogen) atoms. The predicted molar refractivity (Wildman–Crippen MR) is 79.1 cm³/mol. The van der Waals surface area contributed by atoms with Crippen LogP contribution in [0.4, 0.5) is 0 Å². The maximum Gasteiger partial charge on any atom is 0.128 e. The Labute approximate surface area is 119 Å². The van der Waals surface area contributed by atoms with Crippen molar-refractivity contribution in [1.82, 2.24) is 0 Å². The predicted octanol–water partition coefficient (Wildman–Crippen LogP) is 2.62. The van der Waals surface area contributed by atoms with Crippen molar-refractivity contribution in [1.29, 1.82) is 0 Å². The molecule has 1 aliphatic carbocycles. The maximum absolute atomic E-state index is 10.3. The monoisotopic (exact) mass is 276 g/mol. The minimum Gasteiger partial charge on any atom is -0.393 e. The van der Waals surface area contributed by atoms with Crippen LogP contribution in [0.15, 0.2) is 29.2 Å². The number of thioether (sulfide) groups is 1. The van der Waals surface area contributed by atoms with Gasteiger partial charge in [0.05, 0.1) is 6.10 Å². The van der Waals surface area contributed by atoms with E-state index in [1.165, 1.54) is 4.90 Å².